The summed E-state index contributed by atoms with van der Waals surface area (Å²) >= 11 is 0. The molecule has 0 heterocycles. The molecule has 3 heteroatoms. The highest BCUT2D eigenvalue weighted by Crippen LogP contribution is 2.24. The maximum Gasteiger partial charge on any atom is 0.228 e. The average molecular weight is 388 g/mol. The molecule has 0 bridgehead atoms. The number of aromatic hydroxyl groups is 1. The van der Waals surface area contributed by atoms with Gasteiger partial charge in [-0.2, -0.15) is 0 Å². The van der Waals surface area contributed by atoms with Gasteiger partial charge in [-0.15, -0.1) is 0 Å². The van der Waals surface area contributed by atoms with Crippen LogP contribution in [-0.4, -0.2) is 11.0 Å². The van der Waals surface area contributed by atoms with E-state index < -0.39 is 0 Å². The molecule has 0 spiro atoms. The summed E-state index contributed by atoms with van der Waals surface area (Å²) in [6, 6.07) is 25.3. The first-order valence-electron chi connectivity index (χ1n) is 10.0. The van der Waals surface area contributed by atoms with Gasteiger partial charge in [-0.1, -0.05) is 87.5 Å². The summed E-state index contributed by atoms with van der Waals surface area (Å²) in [6.45, 7) is 7.08. The van der Waals surface area contributed by atoms with Crippen molar-refractivity contribution in [2.24, 2.45) is 0 Å². The summed E-state index contributed by atoms with van der Waals surface area (Å²) in [5.74, 6) is -0.0491. The quantitative estimate of drug-likeness (QED) is 0.600. The standard InChI is InChI=1S/C26H29NO2/c1-26(2,3)22-13-9-20(10-14-22)18-27-25(29)24(21-7-5-4-6-8-21)17-19-11-15-23(28)16-12-19/h4-16,24,28H,17-18H2,1-3H3,(H,27,29)/t24-/m0/s1. The lowest BCUT2D eigenvalue weighted by atomic mass is 9.87. The largest absolute Gasteiger partial charge is 0.508 e. The first-order chi connectivity index (χ1) is 13.8. The third kappa shape index (κ3) is 5.71. The number of phenolic OH excluding ortho intramolecular Hbond substituents is 1. The van der Waals surface area contributed by atoms with Crippen molar-refractivity contribution in [3.8, 4) is 5.75 Å². The number of amides is 1. The van der Waals surface area contributed by atoms with Gasteiger partial charge in [0.15, 0.2) is 0 Å². The highest BCUT2D eigenvalue weighted by atomic mass is 16.3. The van der Waals surface area contributed by atoms with Crippen LogP contribution in [0.25, 0.3) is 0 Å². The molecule has 0 aromatic heterocycles. The Bertz CT molecular complexity index is 923. The van der Waals surface area contributed by atoms with Gasteiger partial charge in [-0.05, 0) is 46.2 Å². The lowest BCUT2D eigenvalue weighted by Gasteiger charge is -2.20. The van der Waals surface area contributed by atoms with Crippen molar-refractivity contribution in [1.82, 2.24) is 5.32 Å². The van der Waals surface area contributed by atoms with Gasteiger partial charge in [0.25, 0.3) is 0 Å². The van der Waals surface area contributed by atoms with Crippen LogP contribution in [0.15, 0.2) is 78.9 Å². The lowest BCUT2D eigenvalue weighted by Crippen LogP contribution is -2.30. The molecule has 0 aliphatic heterocycles. The van der Waals surface area contributed by atoms with Gasteiger partial charge in [0.05, 0.1) is 5.92 Å². The minimum absolute atomic E-state index is 0.00386. The van der Waals surface area contributed by atoms with Gasteiger partial charge in [0.2, 0.25) is 5.91 Å². The molecule has 29 heavy (non-hydrogen) atoms. The molecule has 0 aliphatic carbocycles. The Kier molecular flexibility index (Phi) is 6.38. The highest BCUT2D eigenvalue weighted by molar-refractivity contribution is 5.84. The predicted octanol–water partition coefficient (Wildman–Crippen LogP) is 5.33. The molecule has 0 unspecified atom stereocenters. The van der Waals surface area contributed by atoms with E-state index in [1.807, 2.05) is 42.5 Å². The van der Waals surface area contributed by atoms with E-state index in [1.54, 1.807) is 12.1 Å². The number of rotatable bonds is 6. The Balaban J connectivity index is 1.72. The van der Waals surface area contributed by atoms with Crippen LogP contribution in [0, 0.1) is 0 Å². The van der Waals surface area contributed by atoms with Gasteiger partial charge >= 0.3 is 0 Å². The summed E-state index contributed by atoms with van der Waals surface area (Å²) < 4.78 is 0. The molecule has 1 atom stereocenters. The van der Waals surface area contributed by atoms with Gasteiger partial charge in [-0.25, -0.2) is 0 Å². The Morgan fingerprint density at radius 1 is 0.862 bits per heavy atom. The monoisotopic (exact) mass is 387 g/mol. The molecule has 1 amide bonds. The number of nitrogens with one attached hydrogen (secondary N) is 1. The number of carbonyl (C=O) groups is 1. The van der Waals surface area contributed by atoms with Crippen LogP contribution in [0.3, 0.4) is 0 Å². The van der Waals surface area contributed by atoms with Crippen LogP contribution < -0.4 is 5.32 Å². The molecular formula is C26H29NO2. The van der Waals surface area contributed by atoms with E-state index in [1.165, 1.54) is 5.56 Å². The molecular weight excluding hydrogens is 358 g/mol. The van der Waals surface area contributed by atoms with E-state index in [0.717, 1.165) is 16.7 Å². The Labute approximate surface area is 173 Å². The molecule has 3 aromatic carbocycles. The fourth-order valence-electron chi connectivity index (χ4n) is 3.35. The van der Waals surface area contributed by atoms with Crippen molar-refractivity contribution in [2.45, 2.75) is 45.1 Å². The predicted molar refractivity (Wildman–Crippen MR) is 118 cm³/mol. The molecule has 0 aliphatic rings. The third-order valence-electron chi connectivity index (χ3n) is 5.18. The zero-order chi connectivity index (χ0) is 20.9. The second-order valence-corrected chi connectivity index (χ2v) is 8.50. The van der Waals surface area contributed by atoms with Gasteiger partial charge in [0.1, 0.15) is 5.75 Å². The molecule has 3 aromatic rings. The van der Waals surface area contributed by atoms with Crippen molar-refractivity contribution >= 4 is 5.91 Å². The Morgan fingerprint density at radius 2 is 1.45 bits per heavy atom. The second kappa shape index (κ2) is 8.95. The molecule has 0 saturated heterocycles. The summed E-state index contributed by atoms with van der Waals surface area (Å²) in [6.07, 6.45) is 0.582. The Morgan fingerprint density at radius 3 is 2.03 bits per heavy atom. The summed E-state index contributed by atoms with van der Waals surface area (Å²) in [5.41, 5.74) is 4.48. The van der Waals surface area contributed by atoms with Gasteiger partial charge in [0, 0.05) is 6.54 Å². The summed E-state index contributed by atoms with van der Waals surface area (Å²) in [5, 5.41) is 12.6. The summed E-state index contributed by atoms with van der Waals surface area (Å²) in [4.78, 5) is 13.1. The molecule has 0 fully saturated rings. The molecule has 0 radical (unpaired) electrons. The zero-order valence-corrected chi connectivity index (χ0v) is 17.4. The van der Waals surface area contributed by atoms with Gasteiger partial charge in [-0.3, -0.25) is 4.79 Å². The van der Waals surface area contributed by atoms with Crippen molar-refractivity contribution in [1.29, 1.82) is 0 Å². The number of benzene rings is 3. The molecule has 2 N–H and O–H groups in total. The van der Waals surface area contributed by atoms with Crippen LogP contribution in [0.1, 0.15) is 48.9 Å². The maximum atomic E-state index is 13.1. The average Bonchev–Trinajstić information content (AvgIpc) is 2.72. The van der Waals surface area contributed by atoms with E-state index in [2.05, 4.69) is 50.4 Å². The number of hydrogen-bond donors (Lipinski definition) is 2. The fourth-order valence-corrected chi connectivity index (χ4v) is 3.35. The minimum Gasteiger partial charge on any atom is -0.508 e. The van der Waals surface area contributed by atoms with E-state index in [9.17, 15) is 9.90 Å². The number of carbonyl (C=O) groups excluding carboxylic acids is 1. The van der Waals surface area contributed by atoms with Crippen molar-refractivity contribution < 1.29 is 9.90 Å². The normalized spacial score (nSPS) is 12.4. The molecule has 3 nitrogen and oxygen atoms in total. The molecule has 0 saturated carbocycles. The second-order valence-electron chi connectivity index (χ2n) is 8.50. The van der Waals surface area contributed by atoms with Crippen LogP contribution in [0.5, 0.6) is 5.75 Å². The van der Waals surface area contributed by atoms with Crippen LogP contribution in [0.2, 0.25) is 0 Å². The maximum absolute atomic E-state index is 13.1. The number of phenols is 1. The van der Waals surface area contributed by atoms with Crippen molar-refractivity contribution in [3.05, 3.63) is 101 Å². The van der Waals surface area contributed by atoms with Crippen LogP contribution in [-0.2, 0) is 23.2 Å². The fraction of sp³-hybridized carbons (Fsp3) is 0.269. The van der Waals surface area contributed by atoms with Crippen molar-refractivity contribution in [3.63, 3.8) is 0 Å². The van der Waals surface area contributed by atoms with Crippen LogP contribution in [0.4, 0.5) is 0 Å². The topological polar surface area (TPSA) is 49.3 Å². The van der Waals surface area contributed by atoms with E-state index >= 15 is 0 Å². The van der Waals surface area contributed by atoms with E-state index in [4.69, 9.17) is 0 Å². The third-order valence-corrected chi connectivity index (χ3v) is 5.18. The van der Waals surface area contributed by atoms with E-state index in [0.29, 0.717) is 13.0 Å². The number of hydrogen-bond acceptors (Lipinski definition) is 2. The van der Waals surface area contributed by atoms with Crippen LogP contribution >= 0.6 is 0 Å². The van der Waals surface area contributed by atoms with E-state index in [-0.39, 0.29) is 23.0 Å². The molecule has 150 valence electrons. The lowest BCUT2D eigenvalue weighted by molar-refractivity contribution is -0.122. The Hall–Kier alpha value is -3.07. The SMILES string of the molecule is CC(C)(C)c1ccc(CNC(=O)[C@@H](Cc2ccc(O)cc2)c2ccccc2)cc1. The first kappa shape index (κ1) is 20.7. The smallest absolute Gasteiger partial charge is 0.228 e. The minimum atomic E-state index is -0.283. The van der Waals surface area contributed by atoms with Gasteiger partial charge < -0.3 is 10.4 Å². The molecule has 3 rings (SSSR count). The summed E-state index contributed by atoms with van der Waals surface area (Å²) in [7, 11) is 0. The zero-order valence-electron chi connectivity index (χ0n) is 17.4. The van der Waals surface area contributed by atoms with Crippen molar-refractivity contribution in [2.75, 3.05) is 0 Å². The first-order valence-corrected chi connectivity index (χ1v) is 10.0. The highest BCUT2D eigenvalue weighted by Gasteiger charge is 2.21.